The van der Waals surface area contributed by atoms with Crippen LogP contribution in [0, 0.1) is 6.92 Å². The van der Waals surface area contributed by atoms with Crippen molar-refractivity contribution in [1.29, 1.82) is 0 Å². The van der Waals surface area contributed by atoms with Crippen molar-refractivity contribution < 1.29 is 4.79 Å². The van der Waals surface area contributed by atoms with Crippen LogP contribution in [-0.2, 0) is 0 Å². The Balaban J connectivity index is 1.80. The van der Waals surface area contributed by atoms with Crippen molar-refractivity contribution in [3.05, 3.63) is 46.0 Å². The molecule has 1 aliphatic carbocycles. The first-order chi connectivity index (χ1) is 9.97. The van der Waals surface area contributed by atoms with E-state index in [4.69, 9.17) is 5.73 Å². The first-order valence-electron chi connectivity index (χ1n) is 7.24. The summed E-state index contributed by atoms with van der Waals surface area (Å²) in [6, 6.07) is 7.73. The van der Waals surface area contributed by atoms with Gasteiger partial charge in [0.15, 0.2) is 9.69 Å². The predicted molar refractivity (Wildman–Crippen MR) is 91.1 cm³/mol. The van der Waals surface area contributed by atoms with E-state index in [9.17, 15) is 4.79 Å². The zero-order valence-corrected chi connectivity index (χ0v) is 14.5. The van der Waals surface area contributed by atoms with Crippen LogP contribution in [-0.4, -0.2) is 21.1 Å². The molecule has 0 saturated heterocycles. The standard InChI is InChI=1S/C16H19BrN2OS/c1-11-6-8-12(9-7-11)14(20)10-19-13-4-2-3-5-15(13)21-16(19,17)18/h6-9H,2-5,10,18H2,1H3. The second-order valence-electron chi connectivity index (χ2n) is 5.66. The fourth-order valence-electron chi connectivity index (χ4n) is 2.85. The van der Waals surface area contributed by atoms with Crippen LogP contribution in [0.15, 0.2) is 34.9 Å². The number of ketones is 1. The number of rotatable bonds is 3. The lowest BCUT2D eigenvalue weighted by Gasteiger charge is -2.32. The third-order valence-electron chi connectivity index (χ3n) is 4.02. The van der Waals surface area contributed by atoms with Crippen molar-refractivity contribution in [2.45, 2.75) is 36.5 Å². The maximum Gasteiger partial charge on any atom is 0.199 e. The topological polar surface area (TPSA) is 46.3 Å². The second-order valence-corrected chi connectivity index (χ2v) is 8.72. The zero-order valence-electron chi connectivity index (χ0n) is 12.1. The van der Waals surface area contributed by atoms with Gasteiger partial charge in [-0.1, -0.05) is 41.6 Å². The molecule has 21 heavy (non-hydrogen) atoms. The molecule has 5 heteroatoms. The summed E-state index contributed by atoms with van der Waals surface area (Å²) < 4.78 is -0.678. The van der Waals surface area contributed by atoms with Gasteiger partial charge in [0.05, 0.1) is 6.54 Å². The van der Waals surface area contributed by atoms with Crippen LogP contribution >= 0.6 is 27.7 Å². The number of carbonyl (C=O) groups excluding carboxylic acids is 1. The van der Waals surface area contributed by atoms with Crippen molar-refractivity contribution in [1.82, 2.24) is 4.90 Å². The van der Waals surface area contributed by atoms with E-state index >= 15 is 0 Å². The first kappa shape index (κ1) is 15.1. The minimum atomic E-state index is -0.678. The van der Waals surface area contributed by atoms with Gasteiger partial charge >= 0.3 is 0 Å². The Kier molecular flexibility index (Phi) is 4.17. The highest BCUT2D eigenvalue weighted by Gasteiger charge is 2.42. The van der Waals surface area contributed by atoms with Gasteiger partial charge in [0.2, 0.25) is 0 Å². The van der Waals surface area contributed by atoms with E-state index < -0.39 is 3.90 Å². The lowest BCUT2D eigenvalue weighted by atomic mass is 10.0. The summed E-state index contributed by atoms with van der Waals surface area (Å²) in [6.45, 7) is 2.35. The number of hydrogen-bond acceptors (Lipinski definition) is 4. The van der Waals surface area contributed by atoms with Crippen molar-refractivity contribution in [2.24, 2.45) is 5.73 Å². The molecule has 0 amide bonds. The van der Waals surface area contributed by atoms with Gasteiger partial charge in [0, 0.05) is 16.2 Å². The molecule has 1 aromatic carbocycles. The van der Waals surface area contributed by atoms with Crippen molar-refractivity contribution in [3.8, 4) is 0 Å². The van der Waals surface area contributed by atoms with Crippen LogP contribution in [0.1, 0.15) is 41.6 Å². The Labute approximate surface area is 138 Å². The molecule has 1 aromatic rings. The average Bonchev–Trinajstić information content (AvgIpc) is 2.70. The van der Waals surface area contributed by atoms with Crippen molar-refractivity contribution in [3.63, 3.8) is 0 Å². The minimum Gasteiger partial charge on any atom is -0.331 e. The maximum atomic E-state index is 12.5. The Hall–Kier alpha value is -0.780. The molecule has 3 rings (SSSR count). The number of allylic oxidation sites excluding steroid dienone is 2. The van der Waals surface area contributed by atoms with Gasteiger partial charge in [-0.3, -0.25) is 10.5 Å². The number of thioether (sulfide) groups is 1. The van der Waals surface area contributed by atoms with Gasteiger partial charge in [0.1, 0.15) is 0 Å². The van der Waals surface area contributed by atoms with E-state index in [0.29, 0.717) is 6.54 Å². The third kappa shape index (κ3) is 3.05. The molecule has 0 fully saturated rings. The van der Waals surface area contributed by atoms with E-state index in [1.807, 2.05) is 36.1 Å². The molecule has 1 atom stereocenters. The fourth-order valence-corrected chi connectivity index (χ4v) is 4.98. The molecule has 0 saturated carbocycles. The predicted octanol–water partition coefficient (Wildman–Crippen LogP) is 3.98. The van der Waals surface area contributed by atoms with Gasteiger partial charge in [-0.25, -0.2) is 0 Å². The summed E-state index contributed by atoms with van der Waals surface area (Å²) in [4.78, 5) is 15.9. The van der Waals surface area contributed by atoms with Crippen LogP contribution in [0.2, 0.25) is 0 Å². The number of aryl methyl sites for hydroxylation is 1. The van der Waals surface area contributed by atoms with Gasteiger partial charge in [-0.15, -0.1) is 0 Å². The number of alkyl halides is 1. The second kappa shape index (κ2) is 5.78. The number of halogens is 1. The highest BCUT2D eigenvalue weighted by Crippen LogP contribution is 2.51. The van der Waals surface area contributed by atoms with Crippen LogP contribution < -0.4 is 5.73 Å². The average molecular weight is 367 g/mol. The molecular weight excluding hydrogens is 348 g/mol. The Morgan fingerprint density at radius 2 is 2.00 bits per heavy atom. The SMILES string of the molecule is Cc1ccc(C(=O)CN2C3=C(CCCC3)SC2(N)Br)cc1. The number of benzene rings is 1. The van der Waals surface area contributed by atoms with E-state index in [1.54, 1.807) is 11.8 Å². The highest BCUT2D eigenvalue weighted by molar-refractivity contribution is 9.11. The molecule has 0 bridgehead atoms. The molecule has 1 heterocycles. The van der Waals surface area contributed by atoms with Crippen LogP contribution in [0.4, 0.5) is 0 Å². The van der Waals surface area contributed by atoms with Gasteiger partial charge < -0.3 is 4.90 Å². The van der Waals surface area contributed by atoms with Gasteiger partial charge in [-0.05, 0) is 48.5 Å². The molecule has 0 radical (unpaired) electrons. The molecule has 1 aliphatic heterocycles. The van der Waals surface area contributed by atoms with E-state index in [1.165, 1.54) is 23.4 Å². The summed E-state index contributed by atoms with van der Waals surface area (Å²) in [5.41, 5.74) is 9.51. The van der Waals surface area contributed by atoms with Crippen LogP contribution in [0.5, 0.6) is 0 Å². The first-order valence-corrected chi connectivity index (χ1v) is 8.84. The largest absolute Gasteiger partial charge is 0.331 e. The fraction of sp³-hybridized carbons (Fsp3) is 0.438. The lowest BCUT2D eigenvalue weighted by Crippen LogP contribution is -2.46. The summed E-state index contributed by atoms with van der Waals surface area (Å²) in [7, 11) is 0. The maximum absolute atomic E-state index is 12.5. The highest BCUT2D eigenvalue weighted by atomic mass is 79.9. The molecule has 3 nitrogen and oxygen atoms in total. The number of nitrogens with zero attached hydrogens (tertiary/aromatic N) is 1. The quantitative estimate of drug-likeness (QED) is 0.499. The number of nitrogens with two attached hydrogens (primary N) is 1. The molecule has 2 N–H and O–H groups in total. The zero-order chi connectivity index (χ0) is 15.0. The molecule has 112 valence electrons. The summed E-state index contributed by atoms with van der Waals surface area (Å²) >= 11 is 5.23. The summed E-state index contributed by atoms with van der Waals surface area (Å²) in [5, 5.41) is 0. The lowest BCUT2D eigenvalue weighted by molar-refractivity contribution is 0.0939. The minimum absolute atomic E-state index is 0.115. The molecule has 1 unspecified atom stereocenters. The van der Waals surface area contributed by atoms with Crippen LogP contribution in [0.3, 0.4) is 0 Å². The summed E-state index contributed by atoms with van der Waals surface area (Å²) in [5.74, 6) is 0.115. The molecule has 2 aliphatic rings. The monoisotopic (exact) mass is 366 g/mol. The van der Waals surface area contributed by atoms with Crippen LogP contribution in [0.25, 0.3) is 0 Å². The summed E-state index contributed by atoms with van der Waals surface area (Å²) in [6.07, 6.45) is 4.50. The van der Waals surface area contributed by atoms with Gasteiger partial charge in [0.25, 0.3) is 0 Å². The van der Waals surface area contributed by atoms with E-state index in [2.05, 4.69) is 15.9 Å². The van der Waals surface area contributed by atoms with E-state index in [-0.39, 0.29) is 5.78 Å². The van der Waals surface area contributed by atoms with E-state index in [0.717, 1.165) is 24.0 Å². The Morgan fingerprint density at radius 3 is 2.71 bits per heavy atom. The van der Waals surface area contributed by atoms with Crippen molar-refractivity contribution >= 4 is 33.5 Å². The Morgan fingerprint density at radius 1 is 1.33 bits per heavy atom. The molecule has 0 spiro atoms. The third-order valence-corrected chi connectivity index (χ3v) is 6.13. The normalized spacial score (nSPS) is 25.2. The number of carbonyl (C=O) groups is 1. The van der Waals surface area contributed by atoms with Crippen molar-refractivity contribution in [2.75, 3.05) is 6.54 Å². The smallest absolute Gasteiger partial charge is 0.199 e. The number of Topliss-reactive ketones (excluding diaryl/α,β-unsaturated/α-hetero) is 1. The molecular formula is C16H19BrN2OS. The number of hydrogen-bond donors (Lipinski definition) is 1. The van der Waals surface area contributed by atoms with Gasteiger partial charge in [-0.2, -0.15) is 0 Å². The molecule has 0 aromatic heterocycles. The Bertz CT molecular complexity index is 595.